The first-order valence-electron chi connectivity index (χ1n) is 10.1. The Morgan fingerprint density at radius 3 is 2.68 bits per heavy atom. The number of benzene rings is 2. The van der Waals surface area contributed by atoms with E-state index in [2.05, 4.69) is 10.4 Å². The Bertz CT molecular complexity index is 1110. The molecular formula is C23H22F3N3O2. The normalized spacial score (nSPS) is 13.5. The van der Waals surface area contributed by atoms with Crippen LogP contribution in [0.25, 0.3) is 0 Å². The number of carbonyl (C=O) groups excluding carboxylic acids is 1. The number of anilines is 1. The van der Waals surface area contributed by atoms with Gasteiger partial charge < -0.3 is 10.1 Å². The number of halogens is 3. The van der Waals surface area contributed by atoms with Gasteiger partial charge in [0.05, 0.1) is 13.7 Å². The number of nitrogens with zero attached hydrogens (tertiary/aromatic N) is 2. The van der Waals surface area contributed by atoms with Gasteiger partial charge in [-0.25, -0.2) is 0 Å². The molecule has 1 heterocycles. The Kier molecular flexibility index (Phi) is 5.71. The minimum Gasteiger partial charge on any atom is -0.497 e. The van der Waals surface area contributed by atoms with Gasteiger partial charge in [0, 0.05) is 28.6 Å². The first kappa shape index (κ1) is 21.0. The molecule has 0 spiro atoms. The van der Waals surface area contributed by atoms with Gasteiger partial charge >= 0.3 is 6.18 Å². The van der Waals surface area contributed by atoms with Gasteiger partial charge in [-0.3, -0.25) is 9.48 Å². The number of carbonyl (C=O) groups is 1. The molecule has 1 aliphatic carbocycles. The average Bonchev–Trinajstić information content (AvgIpc) is 3.13. The van der Waals surface area contributed by atoms with E-state index < -0.39 is 11.9 Å². The fourth-order valence-corrected chi connectivity index (χ4v) is 3.97. The summed E-state index contributed by atoms with van der Waals surface area (Å²) in [5, 5.41) is 6.73. The number of fused-ring (bicyclic) bond motifs is 1. The highest BCUT2D eigenvalue weighted by Crippen LogP contribution is 2.36. The first-order valence-corrected chi connectivity index (χ1v) is 10.1. The second-order valence-electron chi connectivity index (χ2n) is 7.48. The lowest BCUT2D eigenvalue weighted by Crippen LogP contribution is -2.17. The van der Waals surface area contributed by atoms with E-state index in [0.717, 1.165) is 12.8 Å². The highest BCUT2D eigenvalue weighted by atomic mass is 19.4. The van der Waals surface area contributed by atoms with Crippen LogP contribution in [0.3, 0.4) is 0 Å². The summed E-state index contributed by atoms with van der Waals surface area (Å²) in [6.45, 7) is 0.0973. The average molecular weight is 429 g/mol. The Morgan fingerprint density at radius 2 is 1.90 bits per heavy atom. The topological polar surface area (TPSA) is 56.1 Å². The second-order valence-corrected chi connectivity index (χ2v) is 7.48. The lowest BCUT2D eigenvalue weighted by molar-refractivity contribution is -0.142. The van der Waals surface area contributed by atoms with Crippen LogP contribution in [0, 0.1) is 0 Å². The monoisotopic (exact) mass is 429 g/mol. The van der Waals surface area contributed by atoms with Crippen molar-refractivity contribution in [1.82, 2.24) is 9.78 Å². The number of nitrogens with one attached hydrogen (secondary N) is 1. The smallest absolute Gasteiger partial charge is 0.435 e. The van der Waals surface area contributed by atoms with Crippen molar-refractivity contribution in [3.8, 4) is 5.75 Å². The third-order valence-electron chi connectivity index (χ3n) is 5.44. The van der Waals surface area contributed by atoms with Crippen molar-refractivity contribution in [2.45, 2.75) is 38.4 Å². The standard InChI is InChI=1S/C23H22F3N3O2/c1-31-17-9-6-8-16(13-17)27-22(30)18-10-3-2-7-15(18)14-29-20-12-5-4-11-19(20)21(28-29)23(24,25)26/h2-3,6-10,13H,4-5,11-12,14H2,1H3,(H,27,30). The van der Waals surface area contributed by atoms with Crippen LogP contribution in [-0.4, -0.2) is 22.8 Å². The van der Waals surface area contributed by atoms with E-state index in [4.69, 9.17) is 4.74 Å². The molecule has 0 saturated heterocycles. The predicted octanol–water partition coefficient (Wildman–Crippen LogP) is 5.09. The molecule has 0 fully saturated rings. The summed E-state index contributed by atoms with van der Waals surface area (Å²) < 4.78 is 47.1. The van der Waals surface area contributed by atoms with E-state index in [1.807, 2.05) is 0 Å². The second kappa shape index (κ2) is 8.45. The predicted molar refractivity (Wildman–Crippen MR) is 110 cm³/mol. The summed E-state index contributed by atoms with van der Waals surface area (Å²) in [7, 11) is 1.54. The Balaban J connectivity index is 1.64. The van der Waals surface area contributed by atoms with Crippen molar-refractivity contribution < 1.29 is 22.7 Å². The van der Waals surface area contributed by atoms with Gasteiger partial charge in [0.15, 0.2) is 5.69 Å². The highest BCUT2D eigenvalue weighted by Gasteiger charge is 2.39. The molecule has 0 saturated carbocycles. The summed E-state index contributed by atoms with van der Waals surface area (Å²) in [4.78, 5) is 12.9. The maximum Gasteiger partial charge on any atom is 0.435 e. The number of aromatic nitrogens is 2. The van der Waals surface area contributed by atoms with Crippen molar-refractivity contribution in [1.29, 1.82) is 0 Å². The van der Waals surface area contributed by atoms with E-state index in [1.165, 1.54) is 11.8 Å². The molecule has 1 N–H and O–H groups in total. The lowest BCUT2D eigenvalue weighted by Gasteiger charge is -2.16. The Labute approximate surface area is 177 Å². The molecule has 5 nitrogen and oxygen atoms in total. The van der Waals surface area contributed by atoms with E-state index in [9.17, 15) is 18.0 Å². The molecule has 0 aliphatic heterocycles. The Hall–Kier alpha value is -3.29. The maximum absolute atomic E-state index is 13.5. The van der Waals surface area contributed by atoms with Gasteiger partial charge in [0.1, 0.15) is 5.75 Å². The minimum absolute atomic E-state index is 0.0973. The van der Waals surface area contributed by atoms with Gasteiger partial charge in [-0.1, -0.05) is 24.3 Å². The fourth-order valence-electron chi connectivity index (χ4n) is 3.97. The largest absolute Gasteiger partial charge is 0.497 e. The number of methoxy groups -OCH3 is 1. The van der Waals surface area contributed by atoms with Gasteiger partial charge in [0.25, 0.3) is 5.91 Å². The third kappa shape index (κ3) is 4.42. The van der Waals surface area contributed by atoms with Gasteiger partial charge in [-0.05, 0) is 49.4 Å². The molecule has 1 aromatic heterocycles. The first-order chi connectivity index (χ1) is 14.9. The molecule has 0 atom stereocenters. The summed E-state index contributed by atoms with van der Waals surface area (Å²) in [5.41, 5.74) is 1.65. The molecule has 162 valence electrons. The van der Waals surface area contributed by atoms with Crippen LogP contribution in [-0.2, 0) is 25.6 Å². The molecule has 0 unspecified atom stereocenters. The van der Waals surface area contributed by atoms with Gasteiger partial charge in [-0.2, -0.15) is 18.3 Å². The molecular weight excluding hydrogens is 407 g/mol. The van der Waals surface area contributed by atoms with Crippen molar-refractivity contribution in [2.24, 2.45) is 0 Å². The maximum atomic E-state index is 13.5. The molecule has 0 bridgehead atoms. The summed E-state index contributed by atoms with van der Waals surface area (Å²) >= 11 is 0. The minimum atomic E-state index is -4.49. The zero-order valence-corrected chi connectivity index (χ0v) is 17.0. The van der Waals surface area contributed by atoms with E-state index >= 15 is 0 Å². The van der Waals surface area contributed by atoms with E-state index in [1.54, 1.807) is 48.5 Å². The number of hydrogen-bond acceptors (Lipinski definition) is 3. The molecule has 1 amide bonds. The van der Waals surface area contributed by atoms with Gasteiger partial charge in [-0.15, -0.1) is 0 Å². The molecule has 2 aromatic carbocycles. The summed E-state index contributed by atoms with van der Waals surface area (Å²) in [5.74, 6) is 0.259. The van der Waals surface area contributed by atoms with Crippen LogP contribution in [0.15, 0.2) is 48.5 Å². The van der Waals surface area contributed by atoms with E-state index in [-0.39, 0.29) is 18.0 Å². The third-order valence-corrected chi connectivity index (χ3v) is 5.44. The van der Waals surface area contributed by atoms with E-state index in [0.29, 0.717) is 41.1 Å². The number of alkyl halides is 3. The number of rotatable bonds is 5. The quantitative estimate of drug-likeness (QED) is 0.615. The Morgan fingerprint density at radius 1 is 1.13 bits per heavy atom. The van der Waals surface area contributed by atoms with Crippen molar-refractivity contribution in [3.63, 3.8) is 0 Å². The van der Waals surface area contributed by atoms with Crippen LogP contribution in [0.2, 0.25) is 0 Å². The highest BCUT2D eigenvalue weighted by molar-refractivity contribution is 6.05. The fraction of sp³-hybridized carbons (Fsp3) is 0.304. The van der Waals surface area contributed by atoms with Crippen LogP contribution in [0.4, 0.5) is 18.9 Å². The number of amides is 1. The van der Waals surface area contributed by atoms with Crippen molar-refractivity contribution in [2.75, 3.05) is 12.4 Å². The van der Waals surface area contributed by atoms with Crippen LogP contribution >= 0.6 is 0 Å². The molecule has 1 aliphatic rings. The van der Waals surface area contributed by atoms with Crippen molar-refractivity contribution in [3.05, 3.63) is 76.6 Å². The molecule has 8 heteroatoms. The zero-order chi connectivity index (χ0) is 22.0. The van der Waals surface area contributed by atoms with Crippen LogP contribution in [0.1, 0.15) is 45.7 Å². The summed E-state index contributed by atoms with van der Waals surface area (Å²) in [6, 6.07) is 13.8. The van der Waals surface area contributed by atoms with Crippen molar-refractivity contribution >= 4 is 11.6 Å². The van der Waals surface area contributed by atoms with Gasteiger partial charge in [0.2, 0.25) is 0 Å². The molecule has 4 rings (SSSR count). The number of ether oxygens (including phenoxy) is 1. The van der Waals surface area contributed by atoms with Crippen LogP contribution < -0.4 is 10.1 Å². The zero-order valence-electron chi connectivity index (χ0n) is 17.0. The summed E-state index contributed by atoms with van der Waals surface area (Å²) in [6.07, 6.45) is -2.01. The number of hydrogen-bond donors (Lipinski definition) is 1. The SMILES string of the molecule is COc1cccc(NC(=O)c2ccccc2Cn2nc(C(F)(F)F)c3c2CCCC3)c1. The van der Waals surface area contributed by atoms with Crippen LogP contribution in [0.5, 0.6) is 5.75 Å². The molecule has 0 radical (unpaired) electrons. The molecule has 31 heavy (non-hydrogen) atoms. The lowest BCUT2D eigenvalue weighted by atomic mass is 9.95. The molecule has 3 aromatic rings.